The van der Waals surface area contributed by atoms with E-state index in [1.807, 2.05) is 0 Å². The first-order chi connectivity index (χ1) is 12.4. The van der Waals surface area contributed by atoms with Crippen LogP contribution in [0.5, 0.6) is 0 Å². The number of carbonyl (C=O) groups excluding carboxylic acids is 3. The summed E-state index contributed by atoms with van der Waals surface area (Å²) < 4.78 is 12.8. The molecule has 0 radical (unpaired) electrons. The highest BCUT2D eigenvalue weighted by Gasteiger charge is 2.08. The average Bonchev–Trinajstić information content (AvgIpc) is 2.61. The molecule has 8 heteroatoms. The Kier molecular flexibility index (Phi) is 6.67. The van der Waals surface area contributed by atoms with Crippen LogP contribution in [-0.2, 0) is 11.3 Å². The van der Waals surface area contributed by atoms with Crippen molar-refractivity contribution in [1.82, 2.24) is 10.6 Å². The zero-order valence-corrected chi connectivity index (χ0v) is 13.9. The van der Waals surface area contributed by atoms with Gasteiger partial charge in [-0.15, -0.1) is 0 Å². The summed E-state index contributed by atoms with van der Waals surface area (Å²) in [5.41, 5.74) is 6.54. The summed E-state index contributed by atoms with van der Waals surface area (Å²) in [6.45, 7) is 0.378. The summed E-state index contributed by atoms with van der Waals surface area (Å²) in [5, 5.41) is 7.82. The fourth-order valence-corrected chi connectivity index (χ4v) is 2.10. The largest absolute Gasteiger partial charge is 0.370 e. The predicted molar refractivity (Wildman–Crippen MR) is 94.8 cm³/mol. The lowest BCUT2D eigenvalue weighted by atomic mass is 10.2. The number of hydrogen-bond donors (Lipinski definition) is 4. The molecule has 0 aliphatic carbocycles. The van der Waals surface area contributed by atoms with Crippen molar-refractivity contribution in [3.63, 3.8) is 0 Å². The molecule has 2 aromatic carbocycles. The van der Waals surface area contributed by atoms with Gasteiger partial charge in [-0.3, -0.25) is 9.59 Å². The summed E-state index contributed by atoms with van der Waals surface area (Å²) in [6.07, 6.45) is 0.0511. The number of nitrogens with one attached hydrogen (secondary N) is 3. The van der Waals surface area contributed by atoms with E-state index in [9.17, 15) is 18.8 Å². The highest BCUT2D eigenvalue weighted by molar-refractivity contribution is 5.97. The summed E-state index contributed by atoms with van der Waals surface area (Å²) >= 11 is 0. The summed E-state index contributed by atoms with van der Waals surface area (Å²) in [5.74, 6) is -1.22. The zero-order chi connectivity index (χ0) is 18.9. The number of primary amides is 1. The number of carbonyl (C=O) groups is 3. The molecule has 0 saturated heterocycles. The van der Waals surface area contributed by atoms with Crippen molar-refractivity contribution in [2.75, 3.05) is 11.9 Å². The molecule has 0 aromatic heterocycles. The van der Waals surface area contributed by atoms with Gasteiger partial charge in [0.05, 0.1) is 0 Å². The first-order valence-electron chi connectivity index (χ1n) is 7.90. The van der Waals surface area contributed by atoms with Crippen LogP contribution < -0.4 is 21.7 Å². The van der Waals surface area contributed by atoms with E-state index < -0.39 is 11.9 Å². The van der Waals surface area contributed by atoms with Crippen LogP contribution in [0.2, 0.25) is 0 Å². The van der Waals surface area contributed by atoms with Gasteiger partial charge in [-0.05, 0) is 35.9 Å². The number of amides is 4. The maximum Gasteiger partial charge on any atom is 0.319 e. The Morgan fingerprint density at radius 3 is 2.42 bits per heavy atom. The number of hydrogen-bond acceptors (Lipinski definition) is 3. The molecule has 0 fully saturated rings. The third-order valence-corrected chi connectivity index (χ3v) is 3.41. The summed E-state index contributed by atoms with van der Waals surface area (Å²) in [6, 6.07) is 11.7. The Morgan fingerprint density at radius 1 is 1.00 bits per heavy atom. The van der Waals surface area contributed by atoms with E-state index in [1.54, 1.807) is 30.3 Å². The fraction of sp³-hybridized carbons (Fsp3) is 0.167. The van der Waals surface area contributed by atoms with Gasteiger partial charge in [0.15, 0.2) is 0 Å². The van der Waals surface area contributed by atoms with E-state index >= 15 is 0 Å². The van der Waals surface area contributed by atoms with Crippen molar-refractivity contribution in [2.24, 2.45) is 5.73 Å². The molecular formula is C18H19FN4O3. The third kappa shape index (κ3) is 6.23. The smallest absolute Gasteiger partial charge is 0.319 e. The van der Waals surface area contributed by atoms with E-state index in [0.717, 1.165) is 5.56 Å². The van der Waals surface area contributed by atoms with Crippen LogP contribution in [0.4, 0.5) is 14.9 Å². The van der Waals surface area contributed by atoms with E-state index in [0.29, 0.717) is 11.3 Å². The van der Waals surface area contributed by atoms with Gasteiger partial charge in [0.25, 0.3) is 5.91 Å². The van der Waals surface area contributed by atoms with E-state index in [2.05, 4.69) is 16.0 Å². The monoisotopic (exact) mass is 358 g/mol. The second kappa shape index (κ2) is 9.16. The second-order valence-electron chi connectivity index (χ2n) is 5.49. The standard InChI is InChI=1S/C18H19FN4O3/c19-14-6-4-12(5-7-14)11-22-18(26)23-15-3-1-2-13(10-15)17(25)21-9-8-16(20)24/h1-7,10H,8-9,11H2,(H2,20,24)(H,21,25)(H2,22,23,26). The molecule has 7 nitrogen and oxygen atoms in total. The van der Waals surface area contributed by atoms with E-state index in [4.69, 9.17) is 5.73 Å². The van der Waals surface area contributed by atoms with E-state index in [1.165, 1.54) is 18.2 Å². The van der Waals surface area contributed by atoms with Crippen molar-refractivity contribution in [3.8, 4) is 0 Å². The Labute approximate surface area is 149 Å². The van der Waals surface area contributed by atoms with Crippen molar-refractivity contribution in [3.05, 3.63) is 65.5 Å². The van der Waals surface area contributed by atoms with Gasteiger partial charge in [0, 0.05) is 30.8 Å². The molecule has 0 spiro atoms. The van der Waals surface area contributed by atoms with Crippen LogP contribution in [0.1, 0.15) is 22.3 Å². The molecule has 0 bridgehead atoms. The van der Waals surface area contributed by atoms with Gasteiger partial charge >= 0.3 is 6.03 Å². The SMILES string of the molecule is NC(=O)CCNC(=O)c1cccc(NC(=O)NCc2ccc(F)cc2)c1. The van der Waals surface area contributed by atoms with Crippen molar-refractivity contribution >= 4 is 23.5 Å². The lowest BCUT2D eigenvalue weighted by Gasteiger charge is -2.09. The van der Waals surface area contributed by atoms with Gasteiger partial charge < -0.3 is 21.7 Å². The molecule has 26 heavy (non-hydrogen) atoms. The Balaban J connectivity index is 1.86. The minimum atomic E-state index is -0.501. The van der Waals surface area contributed by atoms with Gasteiger partial charge in [-0.2, -0.15) is 0 Å². The van der Waals surface area contributed by atoms with Crippen molar-refractivity contribution in [2.45, 2.75) is 13.0 Å². The van der Waals surface area contributed by atoms with Crippen molar-refractivity contribution < 1.29 is 18.8 Å². The predicted octanol–water partition coefficient (Wildman–Crippen LogP) is 1.75. The molecule has 2 aromatic rings. The molecule has 5 N–H and O–H groups in total. The van der Waals surface area contributed by atoms with Gasteiger partial charge in [-0.25, -0.2) is 9.18 Å². The van der Waals surface area contributed by atoms with Crippen LogP contribution >= 0.6 is 0 Å². The van der Waals surface area contributed by atoms with Crippen LogP contribution in [0, 0.1) is 5.82 Å². The van der Waals surface area contributed by atoms with Gasteiger partial charge in [0.1, 0.15) is 5.82 Å². The molecule has 0 heterocycles. The minimum absolute atomic E-state index is 0.0511. The molecule has 0 unspecified atom stereocenters. The molecule has 0 saturated carbocycles. The van der Waals surface area contributed by atoms with Crippen LogP contribution in [0.15, 0.2) is 48.5 Å². The van der Waals surface area contributed by atoms with Crippen LogP contribution in [0.3, 0.4) is 0 Å². The molecule has 0 aliphatic rings. The molecule has 4 amide bonds. The highest BCUT2D eigenvalue weighted by atomic mass is 19.1. The topological polar surface area (TPSA) is 113 Å². The molecule has 0 aliphatic heterocycles. The Hall–Kier alpha value is -3.42. The normalized spacial score (nSPS) is 10.0. The van der Waals surface area contributed by atoms with E-state index in [-0.39, 0.29) is 31.2 Å². The lowest BCUT2D eigenvalue weighted by Crippen LogP contribution is -2.29. The molecule has 136 valence electrons. The number of rotatable bonds is 7. The molecule has 2 rings (SSSR count). The van der Waals surface area contributed by atoms with Gasteiger partial charge in [0.2, 0.25) is 5.91 Å². The Bertz CT molecular complexity index is 793. The molecular weight excluding hydrogens is 339 g/mol. The van der Waals surface area contributed by atoms with Crippen LogP contribution in [0.25, 0.3) is 0 Å². The number of urea groups is 1. The number of halogens is 1. The highest BCUT2D eigenvalue weighted by Crippen LogP contribution is 2.11. The average molecular weight is 358 g/mol. The first-order valence-corrected chi connectivity index (χ1v) is 7.90. The maximum absolute atomic E-state index is 12.8. The number of nitrogens with two attached hydrogens (primary N) is 1. The zero-order valence-electron chi connectivity index (χ0n) is 13.9. The quantitative estimate of drug-likeness (QED) is 0.605. The van der Waals surface area contributed by atoms with Crippen molar-refractivity contribution in [1.29, 1.82) is 0 Å². The summed E-state index contributed by atoms with van der Waals surface area (Å²) in [4.78, 5) is 34.6. The lowest BCUT2D eigenvalue weighted by molar-refractivity contribution is -0.117. The Morgan fingerprint density at radius 2 is 1.73 bits per heavy atom. The number of anilines is 1. The minimum Gasteiger partial charge on any atom is -0.370 e. The second-order valence-corrected chi connectivity index (χ2v) is 5.49. The summed E-state index contributed by atoms with van der Waals surface area (Å²) in [7, 11) is 0. The number of benzene rings is 2. The maximum atomic E-state index is 12.8. The third-order valence-electron chi connectivity index (χ3n) is 3.41. The van der Waals surface area contributed by atoms with Crippen LogP contribution in [-0.4, -0.2) is 24.4 Å². The first kappa shape index (κ1) is 18.9. The fourth-order valence-electron chi connectivity index (χ4n) is 2.10. The molecule has 0 atom stereocenters. The van der Waals surface area contributed by atoms with Gasteiger partial charge in [-0.1, -0.05) is 18.2 Å².